The number of aromatic hydroxyl groups is 2. The topological polar surface area (TPSA) is 66.5 Å². The lowest BCUT2D eigenvalue weighted by molar-refractivity contribution is 0.290. The SMILES string of the molecule is CCC1(CC)c2cc(O)ccc2CC(SCCc2ccccc2O)C1N. The van der Waals surface area contributed by atoms with Crippen molar-refractivity contribution in [1.29, 1.82) is 0 Å². The van der Waals surface area contributed by atoms with Gasteiger partial charge < -0.3 is 15.9 Å². The molecule has 3 rings (SSSR count). The van der Waals surface area contributed by atoms with Crippen LogP contribution in [0.1, 0.15) is 43.4 Å². The van der Waals surface area contributed by atoms with Crippen LogP contribution in [0.25, 0.3) is 0 Å². The van der Waals surface area contributed by atoms with Crippen LogP contribution in [0.3, 0.4) is 0 Å². The molecule has 2 unspecified atom stereocenters. The summed E-state index contributed by atoms with van der Waals surface area (Å²) in [6.45, 7) is 4.40. The summed E-state index contributed by atoms with van der Waals surface area (Å²) in [5.74, 6) is 1.64. The van der Waals surface area contributed by atoms with Crippen LogP contribution in [0.2, 0.25) is 0 Å². The zero-order valence-corrected chi connectivity index (χ0v) is 16.4. The number of hydrogen-bond acceptors (Lipinski definition) is 4. The van der Waals surface area contributed by atoms with E-state index >= 15 is 0 Å². The van der Waals surface area contributed by atoms with Gasteiger partial charge in [0.15, 0.2) is 0 Å². The number of fused-ring (bicyclic) bond motifs is 1. The number of rotatable bonds is 6. The Morgan fingerprint density at radius 3 is 2.54 bits per heavy atom. The molecule has 0 heterocycles. The maximum atomic E-state index is 9.99. The molecule has 2 aromatic rings. The average molecular weight is 372 g/mol. The van der Waals surface area contributed by atoms with Crippen molar-refractivity contribution in [3.8, 4) is 11.5 Å². The molecule has 140 valence electrons. The van der Waals surface area contributed by atoms with Crippen LogP contribution >= 0.6 is 11.8 Å². The molecule has 0 fully saturated rings. The molecule has 0 aliphatic heterocycles. The monoisotopic (exact) mass is 371 g/mol. The van der Waals surface area contributed by atoms with Gasteiger partial charge in [0, 0.05) is 16.7 Å². The number of hydrogen-bond donors (Lipinski definition) is 3. The number of phenolic OH excluding ortho intramolecular Hbond substituents is 2. The van der Waals surface area contributed by atoms with Crippen molar-refractivity contribution in [1.82, 2.24) is 0 Å². The Bertz CT molecular complexity index is 758. The summed E-state index contributed by atoms with van der Waals surface area (Å²) >= 11 is 1.91. The van der Waals surface area contributed by atoms with Crippen LogP contribution in [0.5, 0.6) is 11.5 Å². The summed E-state index contributed by atoms with van der Waals surface area (Å²) < 4.78 is 0. The molecule has 2 aromatic carbocycles. The van der Waals surface area contributed by atoms with E-state index in [1.165, 1.54) is 11.1 Å². The van der Waals surface area contributed by atoms with E-state index < -0.39 is 0 Å². The molecule has 0 saturated heterocycles. The van der Waals surface area contributed by atoms with Gasteiger partial charge in [-0.05, 0) is 66.3 Å². The molecule has 0 spiro atoms. The molecule has 4 heteroatoms. The van der Waals surface area contributed by atoms with Crippen LogP contribution in [0, 0.1) is 0 Å². The van der Waals surface area contributed by atoms with E-state index in [1.807, 2.05) is 36.0 Å². The summed E-state index contributed by atoms with van der Waals surface area (Å²) in [5.41, 5.74) is 10.3. The number of phenols is 2. The van der Waals surface area contributed by atoms with E-state index in [2.05, 4.69) is 19.9 Å². The average Bonchev–Trinajstić information content (AvgIpc) is 2.65. The smallest absolute Gasteiger partial charge is 0.118 e. The third-order valence-electron chi connectivity index (χ3n) is 6.05. The van der Waals surface area contributed by atoms with E-state index in [4.69, 9.17) is 5.73 Å². The minimum Gasteiger partial charge on any atom is -0.508 e. The standard InChI is InChI=1S/C22H29NO2S/c1-3-22(4-2)18-14-17(24)10-9-16(18)13-20(21(22)23)26-12-11-15-7-5-6-8-19(15)25/h5-10,14,20-21,24-25H,3-4,11-13,23H2,1-2H3. The fourth-order valence-corrected chi connectivity index (χ4v) is 5.80. The molecule has 0 amide bonds. The zero-order valence-electron chi connectivity index (χ0n) is 15.6. The van der Waals surface area contributed by atoms with Gasteiger partial charge in [-0.15, -0.1) is 0 Å². The third kappa shape index (κ3) is 3.45. The van der Waals surface area contributed by atoms with Crippen LogP contribution in [-0.4, -0.2) is 27.3 Å². The predicted molar refractivity (Wildman–Crippen MR) is 110 cm³/mol. The van der Waals surface area contributed by atoms with Gasteiger partial charge in [-0.2, -0.15) is 11.8 Å². The van der Waals surface area contributed by atoms with Gasteiger partial charge in [-0.3, -0.25) is 0 Å². The third-order valence-corrected chi connectivity index (χ3v) is 7.37. The molecular weight excluding hydrogens is 342 g/mol. The molecule has 2 atom stereocenters. The van der Waals surface area contributed by atoms with Gasteiger partial charge in [-0.25, -0.2) is 0 Å². The summed E-state index contributed by atoms with van der Waals surface area (Å²) in [4.78, 5) is 0. The molecule has 26 heavy (non-hydrogen) atoms. The van der Waals surface area contributed by atoms with Crippen LogP contribution in [0.15, 0.2) is 42.5 Å². The number of thioether (sulfide) groups is 1. The fourth-order valence-electron chi connectivity index (χ4n) is 4.39. The van der Waals surface area contributed by atoms with Gasteiger partial charge in [0.1, 0.15) is 11.5 Å². The van der Waals surface area contributed by atoms with Gasteiger partial charge >= 0.3 is 0 Å². The minimum absolute atomic E-state index is 0.0566. The molecule has 0 saturated carbocycles. The first kappa shape index (κ1) is 19.1. The van der Waals surface area contributed by atoms with E-state index in [9.17, 15) is 10.2 Å². The number of benzene rings is 2. The zero-order chi connectivity index (χ0) is 18.7. The van der Waals surface area contributed by atoms with Crippen LogP contribution < -0.4 is 5.73 Å². The summed E-state index contributed by atoms with van der Waals surface area (Å²) in [6, 6.07) is 13.4. The molecular formula is C22H29NO2S. The highest BCUT2D eigenvalue weighted by Crippen LogP contribution is 2.46. The molecule has 4 N–H and O–H groups in total. The van der Waals surface area contributed by atoms with Gasteiger partial charge in [0.2, 0.25) is 0 Å². The van der Waals surface area contributed by atoms with Crippen molar-refractivity contribution < 1.29 is 10.2 Å². The van der Waals surface area contributed by atoms with Crippen LogP contribution in [-0.2, 0) is 18.3 Å². The normalized spacial score (nSPS) is 21.3. The van der Waals surface area contributed by atoms with E-state index in [0.717, 1.165) is 37.0 Å². The Labute approximate surface area is 160 Å². The first-order valence-corrected chi connectivity index (χ1v) is 10.5. The second-order valence-electron chi connectivity index (χ2n) is 7.22. The van der Waals surface area contributed by atoms with Gasteiger partial charge in [0.25, 0.3) is 0 Å². The van der Waals surface area contributed by atoms with Crippen molar-refractivity contribution in [2.24, 2.45) is 5.73 Å². The summed E-state index contributed by atoms with van der Waals surface area (Å²) in [6.07, 6.45) is 3.72. The lowest BCUT2D eigenvalue weighted by atomic mass is 9.63. The molecule has 1 aliphatic carbocycles. The largest absolute Gasteiger partial charge is 0.508 e. The van der Waals surface area contributed by atoms with Gasteiger partial charge in [-0.1, -0.05) is 38.1 Å². The minimum atomic E-state index is -0.0844. The Hall–Kier alpha value is -1.65. The Morgan fingerprint density at radius 2 is 1.85 bits per heavy atom. The first-order valence-electron chi connectivity index (χ1n) is 9.48. The molecule has 3 nitrogen and oxygen atoms in total. The Balaban J connectivity index is 1.79. The maximum absolute atomic E-state index is 9.99. The molecule has 0 radical (unpaired) electrons. The quantitative estimate of drug-likeness (QED) is 0.705. The van der Waals surface area contributed by atoms with Gasteiger partial charge in [0.05, 0.1) is 0 Å². The highest BCUT2D eigenvalue weighted by atomic mass is 32.2. The Morgan fingerprint density at radius 1 is 1.12 bits per heavy atom. The summed E-state index contributed by atoms with van der Waals surface area (Å²) in [7, 11) is 0. The number of nitrogens with two attached hydrogens (primary N) is 1. The van der Waals surface area contributed by atoms with Crippen molar-refractivity contribution in [2.75, 3.05) is 5.75 Å². The first-order chi connectivity index (χ1) is 12.5. The second kappa shape index (κ2) is 7.93. The molecule has 0 bridgehead atoms. The van der Waals surface area contributed by atoms with E-state index in [1.54, 1.807) is 12.1 Å². The van der Waals surface area contributed by atoms with Crippen LogP contribution in [0.4, 0.5) is 0 Å². The Kier molecular flexibility index (Phi) is 5.83. The van der Waals surface area contributed by atoms with Crippen molar-refractivity contribution in [3.05, 3.63) is 59.2 Å². The lowest BCUT2D eigenvalue weighted by Crippen LogP contribution is -2.55. The van der Waals surface area contributed by atoms with E-state index in [-0.39, 0.29) is 11.5 Å². The number of aryl methyl sites for hydroxylation is 1. The predicted octanol–water partition coefficient (Wildman–Crippen LogP) is 4.38. The second-order valence-corrected chi connectivity index (χ2v) is 8.57. The molecule has 0 aromatic heterocycles. The molecule has 1 aliphatic rings. The van der Waals surface area contributed by atoms with Crippen molar-refractivity contribution >= 4 is 11.8 Å². The number of para-hydroxylation sites is 1. The van der Waals surface area contributed by atoms with Crippen molar-refractivity contribution in [2.45, 2.75) is 56.2 Å². The highest BCUT2D eigenvalue weighted by Gasteiger charge is 2.44. The maximum Gasteiger partial charge on any atom is 0.118 e. The van der Waals surface area contributed by atoms with E-state index in [0.29, 0.717) is 16.7 Å². The fraction of sp³-hybridized carbons (Fsp3) is 0.455. The van der Waals surface area contributed by atoms with Crippen molar-refractivity contribution in [3.63, 3.8) is 0 Å². The summed E-state index contributed by atoms with van der Waals surface area (Å²) in [5, 5.41) is 20.3. The lowest BCUT2D eigenvalue weighted by Gasteiger charge is -2.47. The highest BCUT2D eigenvalue weighted by molar-refractivity contribution is 7.99.